The second kappa shape index (κ2) is 7.25. The van der Waals surface area contributed by atoms with Gasteiger partial charge in [0.25, 0.3) is 0 Å². The molecule has 0 aromatic heterocycles. The normalized spacial score (nSPS) is 20.9. The number of benzene rings is 2. The van der Waals surface area contributed by atoms with Gasteiger partial charge in [0.2, 0.25) is 13.6 Å². The molecule has 0 bridgehead atoms. The van der Waals surface area contributed by atoms with Crippen molar-refractivity contribution in [3.63, 3.8) is 0 Å². The summed E-state index contributed by atoms with van der Waals surface area (Å²) in [5.41, 5.74) is 2.76. The number of aryl methyl sites for hydroxylation is 1. The number of amides is 1. The lowest BCUT2D eigenvalue weighted by Gasteiger charge is -2.40. The molecular formula is C24H27NO6. The predicted molar refractivity (Wildman–Crippen MR) is 113 cm³/mol. The van der Waals surface area contributed by atoms with E-state index < -0.39 is 5.60 Å². The minimum atomic E-state index is -0.577. The van der Waals surface area contributed by atoms with E-state index in [2.05, 4.69) is 6.07 Å². The molecule has 2 aromatic carbocycles. The van der Waals surface area contributed by atoms with E-state index in [1.54, 1.807) is 11.9 Å². The molecular weight excluding hydrogens is 398 g/mol. The first kappa shape index (κ1) is 19.8. The summed E-state index contributed by atoms with van der Waals surface area (Å²) >= 11 is 0. The molecule has 0 saturated heterocycles. The summed E-state index contributed by atoms with van der Waals surface area (Å²) in [6.45, 7) is 6.08. The number of rotatable bonds is 2. The molecule has 1 aliphatic carbocycles. The average molecular weight is 425 g/mol. The zero-order valence-corrected chi connectivity index (χ0v) is 18.3. The van der Waals surface area contributed by atoms with Crippen LogP contribution in [0.1, 0.15) is 55.8 Å². The second-order valence-electron chi connectivity index (χ2n) is 9.20. The standard InChI is InChI=1S/C24H27NO6/c1-24(2,3)31-23(26)25(4)22-16(14-6-8-18-19(9-14)28-12-27-18)7-5-15-10-20-21(11-17(15)22)30-13-29-20/h6,8-11,16,22H,5,7,12-13H2,1-4H3/t16-,22+/m1/s1. The number of likely N-dealkylation sites (N-methyl/N-ethyl adjacent to an activating group) is 1. The first-order valence-electron chi connectivity index (χ1n) is 10.6. The van der Waals surface area contributed by atoms with Crippen LogP contribution >= 0.6 is 0 Å². The topological polar surface area (TPSA) is 66.5 Å². The molecule has 3 aliphatic rings. The molecule has 0 N–H and O–H groups in total. The summed E-state index contributed by atoms with van der Waals surface area (Å²) in [5.74, 6) is 3.04. The fraction of sp³-hybridized carbons (Fsp3) is 0.458. The van der Waals surface area contributed by atoms with E-state index in [9.17, 15) is 4.79 Å². The van der Waals surface area contributed by atoms with Crippen LogP contribution in [-0.2, 0) is 11.2 Å². The highest BCUT2D eigenvalue weighted by Crippen LogP contribution is 2.49. The van der Waals surface area contributed by atoms with Crippen LogP contribution in [0.15, 0.2) is 30.3 Å². The van der Waals surface area contributed by atoms with Crippen molar-refractivity contribution in [3.8, 4) is 23.0 Å². The molecule has 0 radical (unpaired) electrons. The fourth-order valence-corrected chi connectivity index (χ4v) is 4.60. The first-order chi connectivity index (χ1) is 14.8. The number of carbonyl (C=O) groups excluding carboxylic acids is 1. The predicted octanol–water partition coefficient (Wildman–Crippen LogP) is 4.78. The van der Waals surface area contributed by atoms with Crippen molar-refractivity contribution in [1.82, 2.24) is 4.90 Å². The van der Waals surface area contributed by atoms with Crippen LogP contribution in [0.25, 0.3) is 0 Å². The molecule has 0 fully saturated rings. The molecule has 0 saturated carbocycles. The van der Waals surface area contributed by atoms with Gasteiger partial charge < -0.3 is 28.6 Å². The quantitative estimate of drug-likeness (QED) is 0.690. The minimum Gasteiger partial charge on any atom is -0.454 e. The Hall–Kier alpha value is -3.09. The molecule has 7 heteroatoms. The van der Waals surface area contributed by atoms with E-state index in [0.717, 1.165) is 41.2 Å². The van der Waals surface area contributed by atoms with Gasteiger partial charge in [0.1, 0.15) is 5.60 Å². The summed E-state index contributed by atoms with van der Waals surface area (Å²) in [6, 6.07) is 9.88. The number of nitrogens with zero attached hydrogens (tertiary/aromatic N) is 1. The summed E-state index contributed by atoms with van der Waals surface area (Å²) in [4.78, 5) is 14.8. The molecule has 7 nitrogen and oxygen atoms in total. The van der Waals surface area contributed by atoms with E-state index in [4.69, 9.17) is 23.7 Å². The van der Waals surface area contributed by atoms with Crippen molar-refractivity contribution >= 4 is 6.09 Å². The Kier molecular flexibility index (Phi) is 4.64. The van der Waals surface area contributed by atoms with Crippen LogP contribution in [-0.4, -0.2) is 37.2 Å². The van der Waals surface area contributed by atoms with Gasteiger partial charge in [-0.1, -0.05) is 6.07 Å². The van der Waals surface area contributed by atoms with Crippen molar-refractivity contribution in [1.29, 1.82) is 0 Å². The highest BCUT2D eigenvalue weighted by atomic mass is 16.7. The molecule has 2 heterocycles. The van der Waals surface area contributed by atoms with Crippen LogP contribution in [0.2, 0.25) is 0 Å². The zero-order chi connectivity index (χ0) is 21.8. The van der Waals surface area contributed by atoms with Gasteiger partial charge in [-0.3, -0.25) is 0 Å². The maximum absolute atomic E-state index is 13.1. The van der Waals surface area contributed by atoms with Crippen molar-refractivity contribution < 1.29 is 28.5 Å². The first-order valence-corrected chi connectivity index (χ1v) is 10.6. The third kappa shape index (κ3) is 3.62. The molecule has 31 heavy (non-hydrogen) atoms. The lowest BCUT2D eigenvalue weighted by atomic mass is 9.75. The summed E-state index contributed by atoms with van der Waals surface area (Å²) in [6.07, 6.45) is 1.40. The molecule has 2 aliphatic heterocycles. The third-order valence-electron chi connectivity index (χ3n) is 5.98. The van der Waals surface area contributed by atoms with Crippen LogP contribution in [0, 0.1) is 0 Å². The Morgan fingerprint density at radius 1 is 0.968 bits per heavy atom. The monoisotopic (exact) mass is 425 g/mol. The van der Waals surface area contributed by atoms with Gasteiger partial charge in [-0.25, -0.2) is 4.79 Å². The summed E-state index contributed by atoms with van der Waals surface area (Å²) in [7, 11) is 1.80. The van der Waals surface area contributed by atoms with Gasteiger partial charge in [0, 0.05) is 13.0 Å². The Labute approximate surface area is 181 Å². The van der Waals surface area contributed by atoms with Gasteiger partial charge in [-0.15, -0.1) is 0 Å². The Morgan fingerprint density at radius 3 is 2.32 bits per heavy atom. The number of hydrogen-bond acceptors (Lipinski definition) is 6. The van der Waals surface area contributed by atoms with E-state index in [1.807, 2.05) is 45.0 Å². The van der Waals surface area contributed by atoms with E-state index in [1.165, 1.54) is 5.56 Å². The largest absolute Gasteiger partial charge is 0.454 e. The Morgan fingerprint density at radius 2 is 1.61 bits per heavy atom. The smallest absolute Gasteiger partial charge is 0.410 e. The van der Waals surface area contributed by atoms with E-state index in [0.29, 0.717) is 5.75 Å². The van der Waals surface area contributed by atoms with Gasteiger partial charge in [-0.05, 0) is 74.6 Å². The SMILES string of the molecule is CN(C(=O)OC(C)(C)C)[C@@H]1c2cc3c(cc2CC[C@@H]1c1ccc2c(c1)OCO2)OCO3. The highest BCUT2D eigenvalue weighted by Gasteiger charge is 2.39. The molecule has 2 aromatic rings. The molecule has 0 unspecified atom stereocenters. The Balaban J connectivity index is 1.56. The van der Waals surface area contributed by atoms with Crippen molar-refractivity contribution in [3.05, 3.63) is 47.0 Å². The number of hydrogen-bond donors (Lipinski definition) is 0. The molecule has 1 amide bonds. The summed E-state index contributed by atoms with van der Waals surface area (Å²) < 4.78 is 28.0. The Bertz CT molecular complexity index is 1030. The van der Waals surface area contributed by atoms with Crippen LogP contribution < -0.4 is 18.9 Å². The molecule has 5 rings (SSSR count). The lowest BCUT2D eigenvalue weighted by molar-refractivity contribution is 0.0183. The van der Waals surface area contributed by atoms with Gasteiger partial charge in [-0.2, -0.15) is 0 Å². The fourth-order valence-electron chi connectivity index (χ4n) is 4.60. The lowest BCUT2D eigenvalue weighted by Crippen LogP contribution is -2.40. The number of carbonyl (C=O) groups is 1. The molecule has 164 valence electrons. The maximum atomic E-state index is 13.1. The number of ether oxygens (including phenoxy) is 5. The van der Waals surface area contributed by atoms with Crippen LogP contribution in [0.5, 0.6) is 23.0 Å². The molecule has 2 atom stereocenters. The minimum absolute atomic E-state index is 0.0693. The van der Waals surface area contributed by atoms with E-state index >= 15 is 0 Å². The molecule has 0 spiro atoms. The average Bonchev–Trinajstić information content (AvgIpc) is 3.37. The van der Waals surface area contributed by atoms with Gasteiger partial charge in [0.05, 0.1) is 6.04 Å². The van der Waals surface area contributed by atoms with Crippen molar-refractivity contribution in [2.75, 3.05) is 20.6 Å². The number of fused-ring (bicyclic) bond motifs is 3. The van der Waals surface area contributed by atoms with Gasteiger partial charge in [0.15, 0.2) is 23.0 Å². The van der Waals surface area contributed by atoms with Crippen LogP contribution in [0.3, 0.4) is 0 Å². The third-order valence-corrected chi connectivity index (χ3v) is 5.98. The summed E-state index contributed by atoms with van der Waals surface area (Å²) in [5, 5.41) is 0. The highest BCUT2D eigenvalue weighted by molar-refractivity contribution is 5.69. The van der Waals surface area contributed by atoms with Crippen molar-refractivity contribution in [2.45, 2.75) is 51.2 Å². The zero-order valence-electron chi connectivity index (χ0n) is 18.3. The second-order valence-corrected chi connectivity index (χ2v) is 9.20. The van der Waals surface area contributed by atoms with Gasteiger partial charge >= 0.3 is 6.09 Å². The van der Waals surface area contributed by atoms with Crippen molar-refractivity contribution in [2.24, 2.45) is 0 Å². The van der Waals surface area contributed by atoms with Crippen LogP contribution in [0.4, 0.5) is 4.79 Å². The maximum Gasteiger partial charge on any atom is 0.410 e. The van der Waals surface area contributed by atoms with E-state index in [-0.39, 0.29) is 31.6 Å².